The normalized spacial score (nSPS) is 10.8. The third kappa shape index (κ3) is 3.64. The predicted molar refractivity (Wildman–Crippen MR) is 108 cm³/mol. The van der Waals surface area contributed by atoms with Gasteiger partial charge < -0.3 is 20.9 Å². The predicted octanol–water partition coefficient (Wildman–Crippen LogP) is 3.88. The molecule has 0 atom stereocenters. The second kappa shape index (κ2) is 8.04. The van der Waals surface area contributed by atoms with Gasteiger partial charge in [-0.3, -0.25) is 4.79 Å². The fraction of sp³-hybridized carbons (Fsp3) is 0.238. The molecule has 7 heteroatoms. The first-order chi connectivity index (χ1) is 13.5. The number of nitrogens with one attached hydrogen (secondary N) is 1. The summed E-state index contributed by atoms with van der Waals surface area (Å²) < 4.78 is 6.05. The van der Waals surface area contributed by atoms with E-state index < -0.39 is 17.8 Å². The lowest BCUT2D eigenvalue weighted by Gasteiger charge is -2.07. The van der Waals surface area contributed by atoms with Crippen molar-refractivity contribution in [2.75, 3.05) is 12.4 Å². The van der Waals surface area contributed by atoms with E-state index in [0.717, 1.165) is 29.4 Å². The molecule has 0 aliphatic carbocycles. The van der Waals surface area contributed by atoms with E-state index in [4.69, 9.17) is 10.5 Å². The van der Waals surface area contributed by atoms with Crippen molar-refractivity contribution in [2.45, 2.75) is 26.2 Å². The molecule has 0 radical (unpaired) electrons. The Hall–Kier alpha value is -3.48. The highest BCUT2D eigenvalue weighted by Gasteiger charge is 2.25. The molecule has 146 valence electrons. The zero-order chi connectivity index (χ0) is 20.3. The van der Waals surface area contributed by atoms with E-state index >= 15 is 0 Å². The molecule has 2 amide bonds. The molecule has 3 aromatic rings. The average molecular weight is 381 g/mol. The van der Waals surface area contributed by atoms with Gasteiger partial charge in [0.15, 0.2) is 0 Å². The average Bonchev–Trinajstić information content (AvgIpc) is 2.98. The SMILES string of the molecule is CCCCc1ccc2c(c1)c(C(=O)Nc1ccc(OC)cc1)c(O)n2C(N)=O. The van der Waals surface area contributed by atoms with Gasteiger partial charge in [-0.05, 0) is 54.8 Å². The minimum Gasteiger partial charge on any atom is -0.497 e. The number of carbonyl (C=O) groups is 2. The first-order valence-corrected chi connectivity index (χ1v) is 9.07. The number of aromatic nitrogens is 1. The number of carbonyl (C=O) groups excluding carboxylic acids is 2. The number of nitrogens with two attached hydrogens (primary N) is 1. The van der Waals surface area contributed by atoms with Crippen molar-refractivity contribution < 1.29 is 19.4 Å². The second-order valence-electron chi connectivity index (χ2n) is 6.51. The zero-order valence-corrected chi connectivity index (χ0v) is 15.9. The van der Waals surface area contributed by atoms with Crippen molar-refractivity contribution in [1.82, 2.24) is 4.57 Å². The lowest BCUT2D eigenvalue weighted by atomic mass is 10.0. The number of anilines is 1. The zero-order valence-electron chi connectivity index (χ0n) is 15.9. The van der Waals surface area contributed by atoms with Gasteiger partial charge in [-0.25, -0.2) is 9.36 Å². The van der Waals surface area contributed by atoms with Crippen LogP contribution in [-0.4, -0.2) is 28.7 Å². The molecule has 0 aliphatic heterocycles. The first-order valence-electron chi connectivity index (χ1n) is 9.07. The first kappa shape index (κ1) is 19.3. The van der Waals surface area contributed by atoms with Crippen molar-refractivity contribution in [3.63, 3.8) is 0 Å². The van der Waals surface area contributed by atoms with E-state index in [1.807, 2.05) is 12.1 Å². The highest BCUT2D eigenvalue weighted by atomic mass is 16.5. The highest BCUT2D eigenvalue weighted by Crippen LogP contribution is 2.33. The molecule has 0 aliphatic rings. The van der Waals surface area contributed by atoms with E-state index in [1.165, 1.54) is 0 Å². The number of primary amides is 1. The number of methoxy groups -OCH3 is 1. The fourth-order valence-electron chi connectivity index (χ4n) is 3.18. The maximum absolute atomic E-state index is 12.9. The van der Waals surface area contributed by atoms with E-state index in [0.29, 0.717) is 22.3 Å². The molecule has 28 heavy (non-hydrogen) atoms. The van der Waals surface area contributed by atoms with Crippen molar-refractivity contribution in [1.29, 1.82) is 0 Å². The Morgan fingerprint density at radius 1 is 1.18 bits per heavy atom. The number of aryl methyl sites for hydroxylation is 1. The van der Waals surface area contributed by atoms with Crippen LogP contribution in [0.4, 0.5) is 10.5 Å². The summed E-state index contributed by atoms with van der Waals surface area (Å²) in [4.78, 5) is 24.7. The molecule has 0 fully saturated rings. The molecule has 7 nitrogen and oxygen atoms in total. The lowest BCUT2D eigenvalue weighted by Crippen LogP contribution is -2.19. The number of ether oxygens (including phenoxy) is 1. The summed E-state index contributed by atoms with van der Waals surface area (Å²) in [6.45, 7) is 2.10. The molecule has 4 N–H and O–H groups in total. The molecule has 2 aromatic carbocycles. The number of aromatic hydroxyl groups is 1. The number of rotatable bonds is 6. The van der Waals surface area contributed by atoms with Crippen LogP contribution in [0, 0.1) is 0 Å². The molecular weight excluding hydrogens is 358 g/mol. The summed E-state index contributed by atoms with van der Waals surface area (Å²) in [5.74, 6) is -0.340. The maximum atomic E-state index is 12.9. The van der Waals surface area contributed by atoms with Crippen LogP contribution in [0.25, 0.3) is 10.9 Å². The molecular formula is C21H23N3O4. The second-order valence-corrected chi connectivity index (χ2v) is 6.51. The van der Waals surface area contributed by atoms with E-state index in [2.05, 4.69) is 12.2 Å². The summed E-state index contributed by atoms with van der Waals surface area (Å²) in [6, 6.07) is 11.4. The highest BCUT2D eigenvalue weighted by molar-refractivity contribution is 6.16. The van der Waals surface area contributed by atoms with Crippen LogP contribution in [0.15, 0.2) is 42.5 Å². The number of nitrogens with zero attached hydrogens (tertiary/aromatic N) is 1. The number of hydrogen-bond acceptors (Lipinski definition) is 4. The van der Waals surface area contributed by atoms with Gasteiger partial charge in [-0.2, -0.15) is 0 Å². The van der Waals surface area contributed by atoms with Crippen LogP contribution in [0.2, 0.25) is 0 Å². The summed E-state index contributed by atoms with van der Waals surface area (Å²) in [5, 5.41) is 13.8. The standard InChI is InChI=1S/C21H23N3O4/c1-3-4-5-13-6-11-17-16(12-13)18(20(26)24(17)21(22)27)19(25)23-14-7-9-15(28-2)10-8-14/h6-12,26H,3-5H2,1-2H3,(H2,22,27)(H,23,25). The van der Waals surface area contributed by atoms with Crippen molar-refractivity contribution >= 4 is 28.5 Å². The molecule has 0 spiro atoms. The minimum atomic E-state index is -0.854. The summed E-state index contributed by atoms with van der Waals surface area (Å²) in [5.41, 5.74) is 7.38. The van der Waals surface area contributed by atoms with E-state index in [1.54, 1.807) is 37.4 Å². The number of hydrogen-bond donors (Lipinski definition) is 3. The fourth-order valence-corrected chi connectivity index (χ4v) is 3.18. The van der Waals surface area contributed by atoms with Gasteiger partial charge >= 0.3 is 6.03 Å². The molecule has 0 saturated heterocycles. The van der Waals surface area contributed by atoms with Crippen LogP contribution in [0.1, 0.15) is 35.7 Å². The molecule has 0 bridgehead atoms. The van der Waals surface area contributed by atoms with Gasteiger partial charge in [-0.15, -0.1) is 0 Å². The summed E-state index contributed by atoms with van der Waals surface area (Å²) in [7, 11) is 1.56. The molecule has 0 saturated carbocycles. The molecule has 3 rings (SSSR count). The van der Waals surface area contributed by atoms with Crippen LogP contribution >= 0.6 is 0 Å². The molecule has 1 heterocycles. The topological polar surface area (TPSA) is 107 Å². The molecule has 0 unspecified atom stereocenters. The third-order valence-corrected chi connectivity index (χ3v) is 4.62. The van der Waals surface area contributed by atoms with Crippen molar-refractivity contribution in [2.24, 2.45) is 5.73 Å². The largest absolute Gasteiger partial charge is 0.497 e. The Balaban J connectivity index is 2.04. The lowest BCUT2D eigenvalue weighted by molar-refractivity contribution is 0.102. The third-order valence-electron chi connectivity index (χ3n) is 4.62. The van der Waals surface area contributed by atoms with Gasteiger partial charge in [-0.1, -0.05) is 19.4 Å². The quantitative estimate of drug-likeness (QED) is 0.602. The Morgan fingerprint density at radius 3 is 2.50 bits per heavy atom. The van der Waals surface area contributed by atoms with Crippen LogP contribution in [-0.2, 0) is 6.42 Å². The Labute approximate surface area is 162 Å². The summed E-state index contributed by atoms with van der Waals surface area (Å²) in [6.07, 6.45) is 2.88. The minimum absolute atomic E-state index is 0.0166. The van der Waals surface area contributed by atoms with Crippen LogP contribution in [0.3, 0.4) is 0 Å². The summed E-state index contributed by atoms with van der Waals surface area (Å²) >= 11 is 0. The van der Waals surface area contributed by atoms with Crippen LogP contribution in [0.5, 0.6) is 11.6 Å². The maximum Gasteiger partial charge on any atom is 0.326 e. The van der Waals surface area contributed by atoms with Gasteiger partial charge in [0.1, 0.15) is 11.3 Å². The molecule has 1 aromatic heterocycles. The number of fused-ring (bicyclic) bond motifs is 1. The number of unbranched alkanes of at least 4 members (excludes halogenated alkanes) is 1. The Bertz CT molecular complexity index is 1020. The smallest absolute Gasteiger partial charge is 0.326 e. The Kier molecular flexibility index (Phi) is 5.54. The number of benzene rings is 2. The van der Waals surface area contributed by atoms with E-state index in [9.17, 15) is 14.7 Å². The Morgan fingerprint density at radius 2 is 1.89 bits per heavy atom. The number of amides is 2. The van der Waals surface area contributed by atoms with Gasteiger partial charge in [0.25, 0.3) is 5.91 Å². The van der Waals surface area contributed by atoms with Crippen molar-refractivity contribution in [3.8, 4) is 11.6 Å². The van der Waals surface area contributed by atoms with Gasteiger partial charge in [0.05, 0.1) is 12.6 Å². The van der Waals surface area contributed by atoms with Crippen molar-refractivity contribution in [3.05, 3.63) is 53.6 Å². The van der Waals surface area contributed by atoms with Gasteiger partial charge in [0, 0.05) is 11.1 Å². The monoisotopic (exact) mass is 381 g/mol. The van der Waals surface area contributed by atoms with E-state index in [-0.39, 0.29) is 5.56 Å². The van der Waals surface area contributed by atoms with Crippen LogP contribution < -0.4 is 15.8 Å². The van der Waals surface area contributed by atoms with Gasteiger partial charge in [0.2, 0.25) is 5.88 Å².